The van der Waals surface area contributed by atoms with Crippen LogP contribution in [-0.2, 0) is 10.0 Å². The molecule has 1 aromatic carbocycles. The zero-order chi connectivity index (χ0) is 13.3. The van der Waals surface area contributed by atoms with Gasteiger partial charge < -0.3 is 5.73 Å². The highest BCUT2D eigenvalue weighted by Gasteiger charge is 2.30. The molecule has 1 aliphatic rings. The summed E-state index contributed by atoms with van der Waals surface area (Å²) < 4.78 is 39.1. The summed E-state index contributed by atoms with van der Waals surface area (Å²) in [6, 6.07) is 3.13. The Morgan fingerprint density at radius 2 is 2.11 bits per heavy atom. The molecule has 0 saturated carbocycles. The second-order valence-corrected chi connectivity index (χ2v) is 6.65. The SMILES string of the molecule is Cl.NC1CCCN(S(=O)(=O)c2cc(F)ccc2Cl)C1. The molecule has 1 atom stereocenters. The molecule has 108 valence electrons. The van der Waals surface area contributed by atoms with Gasteiger partial charge in [-0.25, -0.2) is 12.8 Å². The zero-order valence-corrected chi connectivity index (χ0v) is 12.4. The lowest BCUT2D eigenvalue weighted by Crippen LogP contribution is -2.45. The maximum atomic E-state index is 13.2. The summed E-state index contributed by atoms with van der Waals surface area (Å²) in [6.45, 7) is 0.637. The zero-order valence-electron chi connectivity index (χ0n) is 10.1. The fourth-order valence-corrected chi connectivity index (χ4v) is 4.03. The average Bonchev–Trinajstić information content (AvgIpc) is 2.32. The third kappa shape index (κ3) is 3.58. The van der Waals surface area contributed by atoms with Gasteiger partial charge in [0.05, 0.1) is 5.02 Å². The van der Waals surface area contributed by atoms with E-state index >= 15 is 0 Å². The Morgan fingerprint density at radius 3 is 2.74 bits per heavy atom. The number of nitrogens with two attached hydrogens (primary N) is 1. The predicted octanol–water partition coefficient (Wildman–Crippen LogP) is 2.01. The first kappa shape index (κ1) is 16.7. The van der Waals surface area contributed by atoms with Crippen LogP contribution >= 0.6 is 24.0 Å². The lowest BCUT2D eigenvalue weighted by atomic mass is 10.1. The number of benzene rings is 1. The van der Waals surface area contributed by atoms with E-state index in [1.54, 1.807) is 0 Å². The molecule has 1 unspecified atom stereocenters. The van der Waals surface area contributed by atoms with Crippen molar-refractivity contribution in [3.05, 3.63) is 29.0 Å². The summed E-state index contributed by atoms with van der Waals surface area (Å²) >= 11 is 5.83. The monoisotopic (exact) mass is 328 g/mol. The molecule has 2 N–H and O–H groups in total. The van der Waals surface area contributed by atoms with E-state index in [2.05, 4.69) is 0 Å². The highest BCUT2D eigenvalue weighted by Crippen LogP contribution is 2.27. The molecule has 0 spiro atoms. The van der Waals surface area contributed by atoms with E-state index in [0.717, 1.165) is 18.6 Å². The average molecular weight is 329 g/mol. The smallest absolute Gasteiger partial charge is 0.244 e. The van der Waals surface area contributed by atoms with Crippen LogP contribution in [-0.4, -0.2) is 31.9 Å². The molecule has 1 aromatic rings. The number of nitrogens with zero attached hydrogens (tertiary/aromatic N) is 1. The molecule has 0 aromatic heterocycles. The van der Waals surface area contributed by atoms with Crippen molar-refractivity contribution in [2.24, 2.45) is 5.73 Å². The molecule has 1 fully saturated rings. The van der Waals surface area contributed by atoms with Crippen LogP contribution in [0, 0.1) is 5.82 Å². The minimum absolute atomic E-state index is 0. The van der Waals surface area contributed by atoms with Crippen molar-refractivity contribution in [2.45, 2.75) is 23.8 Å². The highest BCUT2D eigenvalue weighted by atomic mass is 35.5. The number of piperidine rings is 1. The largest absolute Gasteiger partial charge is 0.327 e. The summed E-state index contributed by atoms with van der Waals surface area (Å²) in [5.74, 6) is -0.626. The molecular weight excluding hydrogens is 314 g/mol. The summed E-state index contributed by atoms with van der Waals surface area (Å²) in [4.78, 5) is -0.196. The Kier molecular flexibility index (Phi) is 5.58. The van der Waals surface area contributed by atoms with Gasteiger partial charge in [-0.05, 0) is 31.0 Å². The molecule has 0 aliphatic carbocycles. The molecule has 19 heavy (non-hydrogen) atoms. The van der Waals surface area contributed by atoms with Crippen molar-refractivity contribution < 1.29 is 12.8 Å². The van der Waals surface area contributed by atoms with Crippen molar-refractivity contribution in [1.29, 1.82) is 0 Å². The van der Waals surface area contributed by atoms with E-state index in [4.69, 9.17) is 17.3 Å². The first-order valence-electron chi connectivity index (χ1n) is 5.62. The molecule has 8 heteroatoms. The molecule has 2 rings (SSSR count). The van der Waals surface area contributed by atoms with E-state index in [0.29, 0.717) is 13.0 Å². The van der Waals surface area contributed by atoms with Gasteiger partial charge in [0.2, 0.25) is 10.0 Å². The number of hydrogen-bond donors (Lipinski definition) is 1. The van der Waals surface area contributed by atoms with Gasteiger partial charge in [0.1, 0.15) is 10.7 Å². The maximum absolute atomic E-state index is 13.2. The predicted molar refractivity (Wildman–Crippen MR) is 74.6 cm³/mol. The van der Waals surface area contributed by atoms with Crippen LogP contribution in [0.4, 0.5) is 4.39 Å². The van der Waals surface area contributed by atoms with Crippen molar-refractivity contribution >= 4 is 34.0 Å². The van der Waals surface area contributed by atoms with Gasteiger partial charge in [0.15, 0.2) is 0 Å². The second kappa shape index (κ2) is 6.37. The van der Waals surface area contributed by atoms with Crippen LogP contribution in [0.2, 0.25) is 5.02 Å². The van der Waals surface area contributed by atoms with Crippen molar-refractivity contribution in [3.8, 4) is 0 Å². The first-order chi connectivity index (χ1) is 8.41. The highest BCUT2D eigenvalue weighted by molar-refractivity contribution is 7.89. The Hall–Kier alpha value is -0.400. The Labute approximate surface area is 123 Å². The van der Waals surface area contributed by atoms with E-state index in [9.17, 15) is 12.8 Å². The Balaban J connectivity index is 0.00000180. The molecule has 1 heterocycles. The van der Waals surface area contributed by atoms with E-state index < -0.39 is 15.8 Å². The number of hydrogen-bond acceptors (Lipinski definition) is 3. The molecule has 1 saturated heterocycles. The van der Waals surface area contributed by atoms with Gasteiger partial charge in [-0.3, -0.25) is 0 Å². The van der Waals surface area contributed by atoms with E-state index in [1.807, 2.05) is 0 Å². The quantitative estimate of drug-likeness (QED) is 0.903. The van der Waals surface area contributed by atoms with Gasteiger partial charge in [0.25, 0.3) is 0 Å². The lowest BCUT2D eigenvalue weighted by molar-refractivity contribution is 0.316. The lowest BCUT2D eigenvalue weighted by Gasteiger charge is -2.30. The Morgan fingerprint density at radius 1 is 1.42 bits per heavy atom. The molecule has 0 radical (unpaired) electrons. The summed E-state index contributed by atoms with van der Waals surface area (Å²) in [7, 11) is -3.77. The van der Waals surface area contributed by atoms with Crippen molar-refractivity contribution in [2.75, 3.05) is 13.1 Å². The number of halogens is 3. The van der Waals surface area contributed by atoms with Crippen molar-refractivity contribution in [1.82, 2.24) is 4.31 Å². The standard InChI is InChI=1S/C11H14ClFN2O2S.ClH/c12-10-4-3-8(13)6-11(10)18(16,17)15-5-1-2-9(14)7-15;/h3-4,6,9H,1-2,5,7,14H2;1H. The van der Waals surface area contributed by atoms with Gasteiger partial charge in [-0.15, -0.1) is 12.4 Å². The van der Waals surface area contributed by atoms with Crippen molar-refractivity contribution in [3.63, 3.8) is 0 Å². The minimum atomic E-state index is -3.77. The third-order valence-electron chi connectivity index (χ3n) is 2.93. The topological polar surface area (TPSA) is 63.4 Å². The summed E-state index contributed by atoms with van der Waals surface area (Å²) in [5, 5.41) is 0.0237. The first-order valence-corrected chi connectivity index (χ1v) is 7.44. The Bertz CT molecular complexity index is 554. The molecule has 0 bridgehead atoms. The van der Waals surface area contributed by atoms with Gasteiger partial charge in [-0.1, -0.05) is 11.6 Å². The number of sulfonamides is 1. The van der Waals surface area contributed by atoms with Gasteiger partial charge >= 0.3 is 0 Å². The van der Waals surface area contributed by atoms with Crippen LogP contribution in [0.1, 0.15) is 12.8 Å². The fraction of sp³-hybridized carbons (Fsp3) is 0.455. The van der Waals surface area contributed by atoms with Crippen LogP contribution in [0.3, 0.4) is 0 Å². The fourth-order valence-electron chi connectivity index (χ4n) is 2.01. The summed E-state index contributed by atoms with van der Waals surface area (Å²) in [6.07, 6.45) is 1.50. The molecule has 4 nitrogen and oxygen atoms in total. The molecule has 1 aliphatic heterocycles. The second-order valence-electron chi connectivity index (χ2n) is 4.34. The molecular formula is C11H15Cl2FN2O2S. The minimum Gasteiger partial charge on any atom is -0.327 e. The van der Waals surface area contributed by atoms with Gasteiger partial charge in [0, 0.05) is 19.1 Å². The van der Waals surface area contributed by atoms with Gasteiger partial charge in [-0.2, -0.15) is 4.31 Å². The third-order valence-corrected chi connectivity index (χ3v) is 5.28. The van der Waals surface area contributed by atoms with Crippen LogP contribution < -0.4 is 5.73 Å². The maximum Gasteiger partial charge on any atom is 0.244 e. The molecule has 0 amide bonds. The van der Waals surface area contributed by atoms with Crippen LogP contribution in [0.15, 0.2) is 23.1 Å². The van der Waals surface area contributed by atoms with Crippen LogP contribution in [0.25, 0.3) is 0 Å². The normalized spacial score (nSPS) is 20.9. The summed E-state index contributed by atoms with van der Waals surface area (Å²) in [5.41, 5.74) is 5.75. The van der Waals surface area contributed by atoms with E-state index in [-0.39, 0.29) is 34.9 Å². The number of rotatable bonds is 2. The van der Waals surface area contributed by atoms with Crippen LogP contribution in [0.5, 0.6) is 0 Å². The van der Waals surface area contributed by atoms with E-state index in [1.165, 1.54) is 10.4 Å².